The van der Waals surface area contributed by atoms with Gasteiger partial charge in [-0.1, -0.05) is 42.5 Å². The molecule has 0 aliphatic rings. The number of amides is 1. The van der Waals surface area contributed by atoms with Crippen molar-refractivity contribution < 1.29 is 27.5 Å². The van der Waals surface area contributed by atoms with Gasteiger partial charge in [-0.2, -0.15) is 0 Å². The Morgan fingerprint density at radius 1 is 1.04 bits per heavy atom. The van der Waals surface area contributed by atoms with Gasteiger partial charge >= 0.3 is 5.97 Å². The average molecular weight is 769 g/mol. The Morgan fingerprint density at radius 3 is 2.47 bits per heavy atom. The van der Waals surface area contributed by atoms with E-state index in [4.69, 9.17) is 11.1 Å². The highest BCUT2D eigenvalue weighted by atomic mass is 127. The number of H-pyrrole nitrogens is 1. The average Bonchev–Trinajstić information content (AvgIpc) is 3.36. The Kier molecular flexibility index (Phi) is 11.0. The highest BCUT2D eigenvalue weighted by Gasteiger charge is 2.32. The number of methoxy groups -OCH3 is 1. The Morgan fingerprint density at radius 2 is 1.77 bits per heavy atom. The van der Waals surface area contributed by atoms with Gasteiger partial charge in [0.25, 0.3) is 10.0 Å². The van der Waals surface area contributed by atoms with Gasteiger partial charge in [0.05, 0.1) is 12.6 Å². The minimum absolute atomic E-state index is 0. The van der Waals surface area contributed by atoms with Crippen molar-refractivity contribution in [2.45, 2.75) is 30.6 Å². The summed E-state index contributed by atoms with van der Waals surface area (Å²) in [6.07, 6.45) is 1.82. The summed E-state index contributed by atoms with van der Waals surface area (Å²) in [7, 11) is -2.89. The summed E-state index contributed by atoms with van der Waals surface area (Å²) in [6.45, 7) is 1.28. The fourth-order valence-electron chi connectivity index (χ4n) is 5.32. The first-order valence-electron chi connectivity index (χ1n) is 14.3. The first kappa shape index (κ1) is 35.0. The van der Waals surface area contributed by atoms with E-state index in [-0.39, 0.29) is 46.8 Å². The molecule has 2 heterocycles. The molecule has 12 nitrogen and oxygen atoms in total. The minimum Gasteiger partial charge on any atom is -0.468 e. The van der Waals surface area contributed by atoms with Crippen molar-refractivity contribution in [2.24, 2.45) is 5.73 Å². The second-order valence-corrected chi connectivity index (χ2v) is 12.3. The normalized spacial score (nSPS) is 11.8. The number of aromatic nitrogens is 2. The Balaban J connectivity index is 0.00000500. The van der Waals surface area contributed by atoms with Crippen LogP contribution in [0.3, 0.4) is 0 Å². The fourth-order valence-corrected chi connectivity index (χ4v) is 6.55. The molecule has 1 unspecified atom stereocenters. The van der Waals surface area contributed by atoms with Crippen molar-refractivity contribution in [1.82, 2.24) is 15.3 Å². The minimum atomic E-state index is -4.08. The third-order valence-corrected chi connectivity index (χ3v) is 9.02. The van der Waals surface area contributed by atoms with Crippen LogP contribution in [-0.4, -0.2) is 55.5 Å². The number of carbonyl (C=O) groups excluding carboxylic acids is 3. The number of hydrogen-bond donors (Lipinski definition) is 5. The zero-order valence-electron chi connectivity index (χ0n) is 25.5. The number of ether oxygens (including phenoxy) is 1. The molecule has 3 aromatic carbocycles. The molecule has 0 radical (unpaired) electrons. The molecule has 1 atom stereocenters. The number of rotatable bonds is 12. The van der Waals surface area contributed by atoms with Gasteiger partial charge in [0.1, 0.15) is 29.0 Å². The Hall–Kier alpha value is -4.83. The highest BCUT2D eigenvalue weighted by molar-refractivity contribution is 14.0. The van der Waals surface area contributed by atoms with Crippen molar-refractivity contribution in [2.75, 3.05) is 18.4 Å². The van der Waals surface area contributed by atoms with Crippen LogP contribution in [0.4, 0.5) is 5.69 Å². The predicted octanol–water partition coefficient (Wildman–Crippen LogP) is 4.30. The number of aryl methyl sites for hydroxylation is 2. The first-order chi connectivity index (χ1) is 22.0. The number of Topliss-reactive ketones (excluding diaryl/α,β-unsaturated/α-hetero) is 1. The third kappa shape index (κ3) is 7.77. The van der Waals surface area contributed by atoms with Gasteiger partial charge < -0.3 is 20.8 Å². The van der Waals surface area contributed by atoms with E-state index in [1.807, 2.05) is 0 Å². The lowest BCUT2D eigenvalue weighted by Gasteiger charge is -2.17. The summed E-state index contributed by atoms with van der Waals surface area (Å²) in [5.41, 5.74) is 8.91. The van der Waals surface area contributed by atoms with Crippen molar-refractivity contribution in [3.63, 3.8) is 0 Å². The summed E-state index contributed by atoms with van der Waals surface area (Å²) < 4.78 is 34.3. The van der Waals surface area contributed by atoms with Crippen molar-refractivity contribution >= 4 is 85.0 Å². The number of fused-ring (bicyclic) bond motifs is 2. The number of nitrogen functional groups attached to an aromatic ring is 1. The molecule has 244 valence electrons. The number of nitrogens with two attached hydrogens (primary N) is 1. The molecule has 0 saturated carbocycles. The summed E-state index contributed by atoms with van der Waals surface area (Å²) in [4.78, 5) is 46.6. The summed E-state index contributed by atoms with van der Waals surface area (Å²) in [5, 5.41) is 11.2. The number of anilines is 1. The molecule has 5 aromatic rings. The molecule has 0 spiro atoms. The molecule has 0 aliphatic carbocycles. The van der Waals surface area contributed by atoms with Crippen LogP contribution in [0.2, 0.25) is 0 Å². The largest absolute Gasteiger partial charge is 0.468 e. The molecule has 1 amide bonds. The number of esters is 1. The lowest BCUT2D eigenvalue weighted by atomic mass is 9.88. The number of nitrogens with zero attached hydrogens (tertiary/aromatic N) is 1. The quantitative estimate of drug-likeness (QED) is 0.0407. The van der Waals surface area contributed by atoms with Crippen LogP contribution in [0.15, 0.2) is 83.9 Å². The maximum Gasteiger partial charge on any atom is 0.325 e. The summed E-state index contributed by atoms with van der Waals surface area (Å²) >= 11 is 0. The molecule has 47 heavy (non-hydrogen) atoms. The molecular weight excluding hydrogens is 735 g/mol. The second kappa shape index (κ2) is 14.7. The molecule has 14 heteroatoms. The maximum atomic E-state index is 13.8. The van der Waals surface area contributed by atoms with E-state index in [0.29, 0.717) is 45.0 Å². The summed E-state index contributed by atoms with van der Waals surface area (Å²) in [5.74, 6) is -3.17. The van der Waals surface area contributed by atoms with Crippen molar-refractivity contribution in [1.29, 1.82) is 5.41 Å². The van der Waals surface area contributed by atoms with E-state index in [1.165, 1.54) is 19.4 Å². The number of hydrogen-bond acceptors (Lipinski definition) is 8. The van der Waals surface area contributed by atoms with Gasteiger partial charge in [0.15, 0.2) is 0 Å². The molecule has 6 N–H and O–H groups in total. The van der Waals surface area contributed by atoms with Crippen LogP contribution < -0.4 is 15.8 Å². The number of halogens is 1. The number of benzene rings is 3. The smallest absolute Gasteiger partial charge is 0.325 e. The van der Waals surface area contributed by atoms with E-state index in [1.54, 1.807) is 73.7 Å². The highest BCUT2D eigenvalue weighted by Crippen LogP contribution is 2.34. The Bertz CT molecular complexity index is 2090. The van der Waals surface area contributed by atoms with Crippen LogP contribution in [0.5, 0.6) is 0 Å². The SMILES string of the molecule is COC(=O)CNC(=O)C(C(=O)CCc1ccc(C(=N)N)cc1)c1c(C)[nH]c2ccc(NS(=O)(=O)c3cccc4cccnc34)cc12.I. The van der Waals surface area contributed by atoms with Gasteiger partial charge in [-0.05, 0) is 49.2 Å². The number of aromatic amines is 1. The maximum absolute atomic E-state index is 13.8. The van der Waals surface area contributed by atoms with Crippen LogP contribution in [-0.2, 0) is 35.6 Å². The van der Waals surface area contributed by atoms with Crippen LogP contribution in [0.1, 0.15) is 34.7 Å². The topological polar surface area (TPSA) is 197 Å². The second-order valence-electron chi connectivity index (χ2n) is 10.7. The fraction of sp³-hybridized carbons (Fsp3) is 0.182. The molecule has 0 saturated heterocycles. The molecule has 0 aliphatic heterocycles. The lowest BCUT2D eigenvalue weighted by molar-refractivity contribution is -0.142. The number of sulfonamides is 1. The number of carbonyl (C=O) groups is 3. The van der Waals surface area contributed by atoms with E-state index in [9.17, 15) is 22.8 Å². The monoisotopic (exact) mass is 768 g/mol. The molecule has 0 fully saturated rings. The van der Waals surface area contributed by atoms with Crippen molar-refractivity contribution in [3.05, 3.63) is 101 Å². The third-order valence-electron chi connectivity index (χ3n) is 7.61. The Labute approximate surface area is 288 Å². The summed E-state index contributed by atoms with van der Waals surface area (Å²) in [6, 6.07) is 20.1. The molecular formula is C33H33IN6O6S. The zero-order chi connectivity index (χ0) is 33.0. The number of pyridine rings is 1. The molecule has 0 bridgehead atoms. The van der Waals surface area contributed by atoms with Crippen LogP contribution in [0.25, 0.3) is 21.8 Å². The van der Waals surface area contributed by atoms with E-state index in [2.05, 4.69) is 24.7 Å². The van der Waals surface area contributed by atoms with Gasteiger partial charge in [-0.15, -0.1) is 24.0 Å². The van der Waals surface area contributed by atoms with Gasteiger partial charge in [0, 0.05) is 51.4 Å². The predicted molar refractivity (Wildman–Crippen MR) is 190 cm³/mol. The number of para-hydroxylation sites is 1. The van der Waals surface area contributed by atoms with Gasteiger partial charge in [0.2, 0.25) is 5.91 Å². The standard InChI is InChI=1S/C33H32N6O6S.HI/c1-19-29(30(33(42)37-18-28(41)45-2)26(40)15-10-20-8-11-22(12-9-20)32(34)35)24-17-23(13-14-25(24)38-19)39-46(43,44)27-7-3-5-21-6-4-16-36-31(21)27;/h3-9,11-14,16-17,30,38-39H,10,15,18H2,1-2H3,(H3,34,35)(H,37,42);1H. The van der Waals surface area contributed by atoms with Gasteiger partial charge in [-0.3, -0.25) is 29.5 Å². The lowest BCUT2D eigenvalue weighted by Crippen LogP contribution is -2.37. The van der Waals surface area contributed by atoms with Crippen LogP contribution in [0, 0.1) is 12.3 Å². The van der Waals surface area contributed by atoms with Crippen molar-refractivity contribution in [3.8, 4) is 0 Å². The number of amidine groups is 1. The zero-order valence-corrected chi connectivity index (χ0v) is 28.6. The first-order valence-corrected chi connectivity index (χ1v) is 15.8. The van der Waals surface area contributed by atoms with E-state index < -0.39 is 40.1 Å². The van der Waals surface area contributed by atoms with Gasteiger partial charge in [-0.25, -0.2) is 8.42 Å². The van der Waals surface area contributed by atoms with Crippen LogP contribution >= 0.6 is 24.0 Å². The number of ketones is 1. The van der Waals surface area contributed by atoms with E-state index >= 15 is 0 Å². The molecule has 5 rings (SSSR count). The number of nitrogens with one attached hydrogen (secondary N) is 4. The van der Waals surface area contributed by atoms with E-state index in [0.717, 1.165) is 5.56 Å². The molecule has 2 aromatic heterocycles.